The van der Waals surface area contributed by atoms with E-state index >= 15 is 0 Å². The van der Waals surface area contributed by atoms with Crippen LogP contribution in [0.3, 0.4) is 0 Å². The van der Waals surface area contributed by atoms with Gasteiger partial charge in [-0.3, -0.25) is 0 Å². The molecule has 0 saturated heterocycles. The van der Waals surface area contributed by atoms with E-state index in [0.29, 0.717) is 13.2 Å². The van der Waals surface area contributed by atoms with Crippen LogP contribution < -0.4 is 10.5 Å². The van der Waals surface area contributed by atoms with E-state index in [-0.39, 0.29) is 6.10 Å². The first-order valence-corrected chi connectivity index (χ1v) is 5.25. The first kappa shape index (κ1) is 12.0. The third kappa shape index (κ3) is 2.49. The number of nitrogens with zero attached hydrogens (tertiary/aromatic N) is 2. The monoisotopic (exact) mass is 213 g/mol. The summed E-state index contributed by atoms with van der Waals surface area (Å²) in [5, 5.41) is 4.16. The molecule has 0 aromatic carbocycles. The van der Waals surface area contributed by atoms with E-state index in [1.54, 1.807) is 18.0 Å². The van der Waals surface area contributed by atoms with E-state index < -0.39 is 0 Å². The Labute approximate surface area is 90.2 Å². The van der Waals surface area contributed by atoms with Crippen molar-refractivity contribution in [1.29, 1.82) is 0 Å². The summed E-state index contributed by atoms with van der Waals surface area (Å²) in [4.78, 5) is 0. The van der Waals surface area contributed by atoms with E-state index in [4.69, 9.17) is 15.2 Å². The van der Waals surface area contributed by atoms with E-state index in [9.17, 15) is 0 Å². The predicted octanol–water partition coefficient (Wildman–Crippen LogP) is 0.775. The average Bonchev–Trinajstić information content (AvgIpc) is 2.73. The Kier molecular flexibility index (Phi) is 4.58. The van der Waals surface area contributed by atoms with Gasteiger partial charge in [-0.2, -0.15) is 5.10 Å². The van der Waals surface area contributed by atoms with Gasteiger partial charge in [0.25, 0.3) is 0 Å². The summed E-state index contributed by atoms with van der Waals surface area (Å²) in [6, 6.07) is 0. The molecule has 1 aliphatic heterocycles. The van der Waals surface area contributed by atoms with E-state index in [1.807, 2.05) is 13.8 Å². The largest absolute Gasteiger partial charge is 0.475 e. The Morgan fingerprint density at radius 2 is 2.40 bits per heavy atom. The number of methoxy groups -OCH3 is 1. The molecule has 5 nitrogen and oxygen atoms in total. The zero-order valence-corrected chi connectivity index (χ0v) is 9.56. The zero-order chi connectivity index (χ0) is 11.3. The lowest BCUT2D eigenvalue weighted by Gasteiger charge is -2.23. The normalized spacial score (nSPS) is 18.5. The predicted molar refractivity (Wildman–Crippen MR) is 57.8 cm³/mol. The van der Waals surface area contributed by atoms with Gasteiger partial charge in [0.2, 0.25) is 5.88 Å². The summed E-state index contributed by atoms with van der Waals surface area (Å²) >= 11 is 0. The van der Waals surface area contributed by atoms with E-state index in [0.717, 1.165) is 18.0 Å². The first-order chi connectivity index (χ1) is 7.35. The number of fused-ring (bicyclic) bond motifs is 1. The fraction of sp³-hybridized carbons (Fsp3) is 0.700. The van der Waals surface area contributed by atoms with Crippen LogP contribution in [-0.2, 0) is 17.8 Å². The maximum Gasteiger partial charge on any atom is 0.216 e. The molecule has 0 aliphatic carbocycles. The number of rotatable bonds is 2. The van der Waals surface area contributed by atoms with Crippen molar-refractivity contribution in [2.24, 2.45) is 5.73 Å². The molecule has 2 N–H and O–H groups in total. The van der Waals surface area contributed by atoms with Crippen LogP contribution in [0.25, 0.3) is 0 Å². The van der Waals surface area contributed by atoms with Gasteiger partial charge in [-0.15, -0.1) is 0 Å². The highest BCUT2D eigenvalue weighted by molar-refractivity contribution is 5.25. The molecule has 5 heteroatoms. The highest BCUT2D eigenvalue weighted by Gasteiger charge is 2.22. The van der Waals surface area contributed by atoms with Gasteiger partial charge in [-0.1, -0.05) is 13.8 Å². The highest BCUT2D eigenvalue weighted by atomic mass is 16.5. The summed E-state index contributed by atoms with van der Waals surface area (Å²) in [5.74, 6) is 0.788. The standard InChI is InChI=1S/C8H13N3O2.C2H6/c1-12-7-4-11-8(13-5-7)6(2-9)3-10-11;1-2/h3,7H,2,4-5,9H2,1H3;1-2H3. The molecule has 1 aliphatic rings. The fourth-order valence-electron chi connectivity index (χ4n) is 1.41. The molecule has 0 fully saturated rings. The number of aromatic nitrogens is 2. The second-order valence-electron chi connectivity index (χ2n) is 3.03. The van der Waals surface area contributed by atoms with Gasteiger partial charge < -0.3 is 15.2 Å². The molecule has 1 unspecified atom stereocenters. The van der Waals surface area contributed by atoms with Crippen LogP contribution in [0.5, 0.6) is 5.88 Å². The lowest BCUT2D eigenvalue weighted by atomic mass is 10.3. The smallest absolute Gasteiger partial charge is 0.216 e. The molecule has 1 aromatic heterocycles. The fourth-order valence-corrected chi connectivity index (χ4v) is 1.41. The SMILES string of the molecule is CC.COC1COc2c(CN)cnn2C1. The van der Waals surface area contributed by atoms with Crippen molar-refractivity contribution in [2.45, 2.75) is 33.0 Å². The van der Waals surface area contributed by atoms with Gasteiger partial charge in [0.05, 0.1) is 12.7 Å². The van der Waals surface area contributed by atoms with Gasteiger partial charge >= 0.3 is 0 Å². The van der Waals surface area contributed by atoms with Crippen LogP contribution in [0.15, 0.2) is 6.20 Å². The number of ether oxygens (including phenoxy) is 2. The number of hydrogen-bond acceptors (Lipinski definition) is 4. The Morgan fingerprint density at radius 3 is 3.00 bits per heavy atom. The molecule has 0 amide bonds. The third-order valence-electron chi connectivity index (χ3n) is 2.20. The molecular formula is C10H19N3O2. The van der Waals surface area contributed by atoms with Gasteiger partial charge in [-0.05, 0) is 0 Å². The first-order valence-electron chi connectivity index (χ1n) is 5.25. The van der Waals surface area contributed by atoms with Crippen molar-refractivity contribution in [3.8, 4) is 5.88 Å². The maximum absolute atomic E-state index is 5.52. The summed E-state index contributed by atoms with van der Waals surface area (Å²) in [6.07, 6.45) is 1.84. The summed E-state index contributed by atoms with van der Waals surface area (Å²) in [7, 11) is 1.67. The highest BCUT2D eigenvalue weighted by Crippen LogP contribution is 2.22. The third-order valence-corrected chi connectivity index (χ3v) is 2.20. The average molecular weight is 213 g/mol. The Morgan fingerprint density at radius 1 is 1.67 bits per heavy atom. The molecular weight excluding hydrogens is 194 g/mol. The van der Waals surface area contributed by atoms with Crippen molar-refractivity contribution in [3.05, 3.63) is 11.8 Å². The molecule has 0 radical (unpaired) electrons. The topological polar surface area (TPSA) is 62.3 Å². The Balaban J connectivity index is 0.000000531. The van der Waals surface area contributed by atoms with Gasteiger partial charge in [0.15, 0.2) is 0 Å². The minimum absolute atomic E-state index is 0.0954. The molecule has 1 atom stereocenters. The lowest BCUT2D eigenvalue weighted by Crippen LogP contribution is -2.32. The van der Waals surface area contributed by atoms with Crippen molar-refractivity contribution < 1.29 is 9.47 Å². The molecule has 2 rings (SSSR count). The van der Waals surface area contributed by atoms with Crippen molar-refractivity contribution in [1.82, 2.24) is 9.78 Å². The summed E-state index contributed by atoms with van der Waals surface area (Å²) in [6.45, 7) is 5.79. The molecule has 0 bridgehead atoms. The van der Waals surface area contributed by atoms with Crippen LogP contribution in [-0.4, -0.2) is 29.6 Å². The van der Waals surface area contributed by atoms with Crippen molar-refractivity contribution in [3.63, 3.8) is 0 Å². The zero-order valence-electron chi connectivity index (χ0n) is 9.56. The minimum atomic E-state index is 0.0954. The van der Waals surface area contributed by atoms with Gasteiger partial charge in [-0.25, -0.2) is 4.68 Å². The van der Waals surface area contributed by atoms with E-state index in [2.05, 4.69) is 5.10 Å². The van der Waals surface area contributed by atoms with Gasteiger partial charge in [0, 0.05) is 19.2 Å². The van der Waals surface area contributed by atoms with Crippen LogP contribution in [0.1, 0.15) is 19.4 Å². The maximum atomic E-state index is 5.52. The van der Waals surface area contributed by atoms with Crippen LogP contribution in [0.2, 0.25) is 0 Å². The Bertz CT molecular complexity index is 299. The molecule has 0 saturated carbocycles. The quantitative estimate of drug-likeness (QED) is 0.788. The molecule has 15 heavy (non-hydrogen) atoms. The molecule has 2 heterocycles. The van der Waals surface area contributed by atoms with Gasteiger partial charge in [0.1, 0.15) is 12.7 Å². The van der Waals surface area contributed by atoms with Crippen LogP contribution >= 0.6 is 0 Å². The second kappa shape index (κ2) is 5.72. The van der Waals surface area contributed by atoms with Crippen molar-refractivity contribution >= 4 is 0 Å². The van der Waals surface area contributed by atoms with E-state index in [1.165, 1.54) is 0 Å². The molecule has 86 valence electrons. The Hall–Kier alpha value is -1.07. The lowest BCUT2D eigenvalue weighted by molar-refractivity contribution is 0.0175. The molecule has 0 spiro atoms. The number of hydrogen-bond donors (Lipinski definition) is 1. The summed E-state index contributed by atoms with van der Waals surface area (Å²) < 4.78 is 12.4. The van der Waals surface area contributed by atoms with Crippen molar-refractivity contribution in [2.75, 3.05) is 13.7 Å². The number of nitrogens with two attached hydrogens (primary N) is 1. The molecule has 1 aromatic rings. The summed E-state index contributed by atoms with van der Waals surface area (Å²) in [5.41, 5.74) is 6.47. The second-order valence-corrected chi connectivity index (χ2v) is 3.03. The minimum Gasteiger partial charge on any atom is -0.475 e. The van der Waals surface area contributed by atoms with Crippen LogP contribution in [0.4, 0.5) is 0 Å². The van der Waals surface area contributed by atoms with Crippen LogP contribution in [0, 0.1) is 0 Å².